The van der Waals surface area contributed by atoms with E-state index in [2.05, 4.69) is 15.0 Å². The van der Waals surface area contributed by atoms with Crippen LogP contribution in [-0.2, 0) is 11.2 Å². The van der Waals surface area contributed by atoms with Crippen molar-refractivity contribution in [1.82, 2.24) is 15.0 Å². The molecule has 2 rings (SSSR count). The molecule has 0 saturated heterocycles. The Labute approximate surface area is 79.6 Å². The Morgan fingerprint density at radius 1 is 1.46 bits per heavy atom. The predicted molar refractivity (Wildman–Crippen MR) is 50.8 cm³/mol. The number of methoxy groups -OCH3 is 1. The second-order valence-corrected chi connectivity index (χ2v) is 3.46. The number of hydrogen-bond acceptors (Lipinski definition) is 5. The normalized spacial score (nSPS) is 10.8. The summed E-state index contributed by atoms with van der Waals surface area (Å²) >= 11 is 1.55. The van der Waals surface area contributed by atoms with Crippen molar-refractivity contribution in [3.8, 4) is 0 Å². The number of fused-ring (bicyclic) bond motifs is 1. The Balaban J connectivity index is 2.26. The van der Waals surface area contributed by atoms with Crippen LogP contribution in [0.4, 0.5) is 0 Å². The topological polar surface area (TPSA) is 47.9 Å². The molecule has 2 aromatic heterocycles. The van der Waals surface area contributed by atoms with Gasteiger partial charge in [0.05, 0.1) is 23.0 Å². The van der Waals surface area contributed by atoms with Gasteiger partial charge in [-0.25, -0.2) is 15.0 Å². The molecule has 0 bridgehead atoms. The highest BCUT2D eigenvalue weighted by Gasteiger charge is 2.01. The zero-order chi connectivity index (χ0) is 9.10. The highest BCUT2D eigenvalue weighted by Crippen LogP contribution is 2.13. The quantitative estimate of drug-likeness (QED) is 0.740. The van der Waals surface area contributed by atoms with Crippen LogP contribution in [0.5, 0.6) is 0 Å². The molecule has 68 valence electrons. The van der Waals surface area contributed by atoms with Crippen molar-refractivity contribution in [2.24, 2.45) is 0 Å². The van der Waals surface area contributed by atoms with Crippen LogP contribution in [0.3, 0.4) is 0 Å². The molecular formula is C8H9N3OS. The monoisotopic (exact) mass is 195 g/mol. The van der Waals surface area contributed by atoms with Gasteiger partial charge in [0.25, 0.3) is 0 Å². The first kappa shape index (κ1) is 8.52. The maximum Gasteiger partial charge on any atom is 0.173 e. The molecule has 0 amide bonds. The van der Waals surface area contributed by atoms with E-state index in [1.54, 1.807) is 24.0 Å². The number of hydrogen-bond donors (Lipinski definition) is 0. The molecule has 0 aromatic carbocycles. The molecule has 4 nitrogen and oxygen atoms in total. The lowest BCUT2D eigenvalue weighted by molar-refractivity contribution is 0.200. The van der Waals surface area contributed by atoms with E-state index in [0.29, 0.717) is 6.61 Å². The molecule has 0 atom stereocenters. The maximum absolute atomic E-state index is 4.94. The van der Waals surface area contributed by atoms with E-state index in [9.17, 15) is 0 Å². The highest BCUT2D eigenvalue weighted by molar-refractivity contribution is 7.16. The lowest BCUT2D eigenvalue weighted by atomic mass is 10.4. The Morgan fingerprint density at radius 2 is 2.38 bits per heavy atom. The van der Waals surface area contributed by atoms with Crippen molar-refractivity contribution >= 4 is 21.7 Å². The van der Waals surface area contributed by atoms with Gasteiger partial charge in [0.2, 0.25) is 0 Å². The molecule has 2 heterocycles. The SMILES string of the molecule is COCCc1ncc2scnc2n1. The minimum atomic E-state index is 0.648. The zero-order valence-electron chi connectivity index (χ0n) is 7.23. The van der Waals surface area contributed by atoms with E-state index in [0.717, 1.165) is 22.6 Å². The van der Waals surface area contributed by atoms with Crippen LogP contribution in [0.15, 0.2) is 11.7 Å². The molecule has 5 heteroatoms. The first-order valence-electron chi connectivity index (χ1n) is 3.94. The minimum absolute atomic E-state index is 0.648. The predicted octanol–water partition coefficient (Wildman–Crippen LogP) is 1.28. The largest absolute Gasteiger partial charge is 0.384 e. The Hall–Kier alpha value is -1.07. The van der Waals surface area contributed by atoms with Gasteiger partial charge < -0.3 is 4.74 Å². The van der Waals surface area contributed by atoms with Gasteiger partial charge in [-0.15, -0.1) is 11.3 Å². The second kappa shape index (κ2) is 3.76. The molecule has 0 aliphatic carbocycles. The number of aromatic nitrogens is 3. The molecule has 0 spiro atoms. The first-order chi connectivity index (χ1) is 6.40. The Morgan fingerprint density at radius 3 is 3.23 bits per heavy atom. The van der Waals surface area contributed by atoms with Crippen molar-refractivity contribution < 1.29 is 4.74 Å². The fourth-order valence-electron chi connectivity index (χ4n) is 1.02. The molecule has 2 aromatic rings. The van der Waals surface area contributed by atoms with Crippen molar-refractivity contribution in [3.63, 3.8) is 0 Å². The summed E-state index contributed by atoms with van der Waals surface area (Å²) in [7, 11) is 1.67. The smallest absolute Gasteiger partial charge is 0.173 e. The number of thiazole rings is 1. The average molecular weight is 195 g/mol. The summed E-state index contributed by atoms with van der Waals surface area (Å²) in [5.74, 6) is 0.792. The van der Waals surface area contributed by atoms with Gasteiger partial charge >= 0.3 is 0 Å². The molecule has 0 unspecified atom stereocenters. The number of nitrogens with zero attached hydrogens (tertiary/aromatic N) is 3. The van der Waals surface area contributed by atoms with Crippen LogP contribution in [-0.4, -0.2) is 28.7 Å². The summed E-state index contributed by atoms with van der Waals surface area (Å²) in [6, 6.07) is 0. The molecular weight excluding hydrogens is 186 g/mol. The Kier molecular flexibility index (Phi) is 2.47. The second-order valence-electron chi connectivity index (χ2n) is 2.57. The summed E-state index contributed by atoms with van der Waals surface area (Å²) in [5, 5.41) is 0. The van der Waals surface area contributed by atoms with Gasteiger partial charge in [0, 0.05) is 13.5 Å². The van der Waals surface area contributed by atoms with Crippen molar-refractivity contribution in [3.05, 3.63) is 17.5 Å². The van der Waals surface area contributed by atoms with E-state index in [1.807, 2.05) is 6.20 Å². The molecule has 0 fully saturated rings. The Bertz CT molecular complexity index is 401. The van der Waals surface area contributed by atoms with E-state index < -0.39 is 0 Å². The van der Waals surface area contributed by atoms with Crippen LogP contribution in [0.1, 0.15) is 5.82 Å². The van der Waals surface area contributed by atoms with Crippen LogP contribution < -0.4 is 0 Å². The maximum atomic E-state index is 4.94. The third kappa shape index (κ3) is 1.81. The fourth-order valence-corrected chi connectivity index (χ4v) is 1.60. The van der Waals surface area contributed by atoms with E-state index in [4.69, 9.17) is 4.74 Å². The summed E-state index contributed by atoms with van der Waals surface area (Å²) < 4.78 is 5.97. The van der Waals surface area contributed by atoms with Crippen molar-refractivity contribution in [2.45, 2.75) is 6.42 Å². The lowest BCUT2D eigenvalue weighted by Gasteiger charge is -1.97. The highest BCUT2D eigenvalue weighted by atomic mass is 32.1. The fraction of sp³-hybridized carbons (Fsp3) is 0.375. The van der Waals surface area contributed by atoms with Gasteiger partial charge in [-0.1, -0.05) is 0 Å². The molecule has 0 radical (unpaired) electrons. The third-order valence-electron chi connectivity index (χ3n) is 1.67. The molecule has 0 N–H and O–H groups in total. The van der Waals surface area contributed by atoms with Crippen molar-refractivity contribution in [2.75, 3.05) is 13.7 Å². The van der Waals surface area contributed by atoms with Gasteiger partial charge in [0.1, 0.15) is 5.82 Å². The molecule has 0 aliphatic rings. The van der Waals surface area contributed by atoms with E-state index in [1.165, 1.54) is 0 Å². The standard InChI is InChI=1S/C8H9N3OS/c1-12-3-2-7-9-4-6-8(11-7)10-5-13-6/h4-5H,2-3H2,1H3. The van der Waals surface area contributed by atoms with Gasteiger partial charge in [-0.2, -0.15) is 0 Å². The summed E-state index contributed by atoms with van der Waals surface area (Å²) in [4.78, 5) is 12.6. The molecule has 0 aliphatic heterocycles. The summed E-state index contributed by atoms with van der Waals surface area (Å²) in [5.41, 5.74) is 2.56. The molecule has 13 heavy (non-hydrogen) atoms. The molecule has 0 saturated carbocycles. The van der Waals surface area contributed by atoms with Crippen molar-refractivity contribution in [1.29, 1.82) is 0 Å². The summed E-state index contributed by atoms with van der Waals surface area (Å²) in [6.45, 7) is 0.648. The van der Waals surface area contributed by atoms with Gasteiger partial charge in [-0.3, -0.25) is 0 Å². The zero-order valence-corrected chi connectivity index (χ0v) is 8.04. The van der Waals surface area contributed by atoms with Crippen LogP contribution in [0.2, 0.25) is 0 Å². The average Bonchev–Trinajstić information content (AvgIpc) is 2.61. The van der Waals surface area contributed by atoms with Crippen LogP contribution in [0, 0.1) is 0 Å². The van der Waals surface area contributed by atoms with E-state index >= 15 is 0 Å². The minimum Gasteiger partial charge on any atom is -0.384 e. The lowest BCUT2D eigenvalue weighted by Crippen LogP contribution is -1.99. The van der Waals surface area contributed by atoms with E-state index in [-0.39, 0.29) is 0 Å². The number of rotatable bonds is 3. The van der Waals surface area contributed by atoms with Gasteiger partial charge in [-0.05, 0) is 0 Å². The first-order valence-corrected chi connectivity index (χ1v) is 4.82. The van der Waals surface area contributed by atoms with Crippen LogP contribution >= 0.6 is 11.3 Å². The number of ether oxygens (including phenoxy) is 1. The summed E-state index contributed by atoms with van der Waals surface area (Å²) in [6.07, 6.45) is 2.55. The van der Waals surface area contributed by atoms with Crippen LogP contribution in [0.25, 0.3) is 10.3 Å². The third-order valence-corrected chi connectivity index (χ3v) is 2.42. The van der Waals surface area contributed by atoms with Gasteiger partial charge in [0.15, 0.2) is 5.65 Å².